The second-order valence-corrected chi connectivity index (χ2v) is 5.06. The highest BCUT2D eigenvalue weighted by atomic mass is 32.1. The van der Waals surface area contributed by atoms with Gasteiger partial charge in [0.2, 0.25) is 5.91 Å². The van der Waals surface area contributed by atoms with Gasteiger partial charge >= 0.3 is 0 Å². The number of aryl methyl sites for hydroxylation is 3. The van der Waals surface area contributed by atoms with Crippen molar-refractivity contribution in [1.82, 2.24) is 14.5 Å². The van der Waals surface area contributed by atoms with E-state index in [1.165, 1.54) is 11.3 Å². The first-order valence-electron chi connectivity index (χ1n) is 5.72. The van der Waals surface area contributed by atoms with Crippen molar-refractivity contribution >= 4 is 22.4 Å². The van der Waals surface area contributed by atoms with Crippen LogP contribution in [0.1, 0.15) is 17.8 Å². The number of carbonyl (C=O) groups excluding carboxylic acids is 1. The Morgan fingerprint density at radius 3 is 2.89 bits per heavy atom. The lowest BCUT2D eigenvalue weighted by molar-refractivity contribution is -0.118. The van der Waals surface area contributed by atoms with Crippen molar-refractivity contribution in [3.05, 3.63) is 29.3 Å². The summed E-state index contributed by atoms with van der Waals surface area (Å²) in [6.45, 7) is 1.92. The fraction of sp³-hybridized carbons (Fsp3) is 0.417. The molecule has 18 heavy (non-hydrogen) atoms. The van der Waals surface area contributed by atoms with Crippen LogP contribution >= 0.6 is 11.3 Å². The molecule has 5 nitrogen and oxygen atoms in total. The molecule has 6 heteroatoms. The molecule has 0 radical (unpaired) electrons. The molecule has 96 valence electrons. The molecule has 0 N–H and O–H groups in total. The van der Waals surface area contributed by atoms with Gasteiger partial charge in [-0.15, -0.1) is 11.3 Å². The molecule has 0 saturated heterocycles. The zero-order valence-electron chi connectivity index (χ0n) is 10.8. The largest absolute Gasteiger partial charge is 0.338 e. The number of thiazole rings is 1. The van der Waals surface area contributed by atoms with Gasteiger partial charge in [-0.25, -0.2) is 9.97 Å². The summed E-state index contributed by atoms with van der Waals surface area (Å²) in [7, 11) is 3.70. The van der Waals surface area contributed by atoms with E-state index < -0.39 is 0 Å². The molecule has 0 aliphatic rings. The van der Waals surface area contributed by atoms with E-state index in [1.54, 1.807) is 24.5 Å². The Hall–Kier alpha value is -1.69. The summed E-state index contributed by atoms with van der Waals surface area (Å²) in [5, 5.41) is 2.70. The van der Waals surface area contributed by atoms with Gasteiger partial charge in [0.05, 0.1) is 12.0 Å². The summed E-state index contributed by atoms with van der Waals surface area (Å²) in [5.41, 5.74) is 2.01. The number of anilines is 1. The highest BCUT2D eigenvalue weighted by molar-refractivity contribution is 7.14. The molecule has 0 aromatic carbocycles. The van der Waals surface area contributed by atoms with Gasteiger partial charge in [-0.05, 0) is 13.3 Å². The van der Waals surface area contributed by atoms with Crippen LogP contribution in [0.2, 0.25) is 0 Å². The number of hydrogen-bond acceptors (Lipinski definition) is 4. The van der Waals surface area contributed by atoms with Crippen molar-refractivity contribution in [1.29, 1.82) is 0 Å². The maximum absolute atomic E-state index is 12.0. The number of rotatable bonds is 4. The molecule has 0 unspecified atom stereocenters. The van der Waals surface area contributed by atoms with Gasteiger partial charge in [0.25, 0.3) is 0 Å². The van der Waals surface area contributed by atoms with Crippen LogP contribution in [0.25, 0.3) is 0 Å². The maximum Gasteiger partial charge on any atom is 0.228 e. The van der Waals surface area contributed by atoms with Crippen molar-refractivity contribution in [2.75, 3.05) is 11.9 Å². The van der Waals surface area contributed by atoms with E-state index in [0.29, 0.717) is 12.8 Å². The van der Waals surface area contributed by atoms with E-state index in [0.717, 1.165) is 16.5 Å². The summed E-state index contributed by atoms with van der Waals surface area (Å²) in [4.78, 5) is 22.0. The minimum absolute atomic E-state index is 0.0746. The third-order valence-electron chi connectivity index (χ3n) is 2.78. The van der Waals surface area contributed by atoms with Gasteiger partial charge < -0.3 is 4.57 Å². The minimum atomic E-state index is 0.0746. The van der Waals surface area contributed by atoms with Crippen LogP contribution in [0, 0.1) is 6.92 Å². The average molecular weight is 264 g/mol. The van der Waals surface area contributed by atoms with Crippen LogP contribution in [-0.4, -0.2) is 27.5 Å². The standard InChI is InChI=1S/C12H16N4OS/c1-9-7-18-12(14-9)16(3)11(17)5-4-10-6-13-8-15(10)2/h6-8H,4-5H2,1-3H3. The number of hydrogen-bond donors (Lipinski definition) is 0. The van der Waals surface area contributed by atoms with Gasteiger partial charge in [-0.1, -0.05) is 0 Å². The summed E-state index contributed by atoms with van der Waals surface area (Å²) < 4.78 is 1.93. The molecule has 0 fully saturated rings. The first-order valence-corrected chi connectivity index (χ1v) is 6.60. The van der Waals surface area contributed by atoms with Gasteiger partial charge in [-0.3, -0.25) is 9.69 Å². The molecule has 0 bridgehead atoms. The number of nitrogens with zero attached hydrogens (tertiary/aromatic N) is 4. The molecular formula is C12H16N4OS. The van der Waals surface area contributed by atoms with Crippen molar-refractivity contribution in [2.45, 2.75) is 19.8 Å². The van der Waals surface area contributed by atoms with E-state index in [2.05, 4.69) is 9.97 Å². The van der Waals surface area contributed by atoms with Gasteiger partial charge in [0.15, 0.2) is 5.13 Å². The van der Waals surface area contributed by atoms with Crippen LogP contribution in [0.15, 0.2) is 17.9 Å². The molecule has 0 atom stereocenters. The van der Waals surface area contributed by atoms with E-state index in [1.807, 2.05) is 23.9 Å². The molecule has 2 heterocycles. The first kappa shape index (κ1) is 12.8. The van der Waals surface area contributed by atoms with Crippen LogP contribution < -0.4 is 4.90 Å². The predicted molar refractivity (Wildman–Crippen MR) is 71.8 cm³/mol. The zero-order valence-corrected chi connectivity index (χ0v) is 11.6. The fourth-order valence-corrected chi connectivity index (χ4v) is 2.42. The Morgan fingerprint density at radius 1 is 1.56 bits per heavy atom. The highest BCUT2D eigenvalue weighted by Gasteiger charge is 2.14. The number of aromatic nitrogens is 3. The van der Waals surface area contributed by atoms with Crippen molar-refractivity contribution in [2.24, 2.45) is 7.05 Å². The molecule has 2 aromatic heterocycles. The molecule has 0 spiro atoms. The molecule has 0 saturated carbocycles. The summed E-state index contributed by atoms with van der Waals surface area (Å²) in [6, 6.07) is 0. The van der Waals surface area contributed by atoms with E-state index in [4.69, 9.17) is 0 Å². The van der Waals surface area contributed by atoms with E-state index in [9.17, 15) is 4.79 Å². The Bertz CT molecular complexity index is 546. The van der Waals surface area contributed by atoms with Crippen LogP contribution in [0.3, 0.4) is 0 Å². The fourth-order valence-electron chi connectivity index (χ4n) is 1.63. The van der Waals surface area contributed by atoms with E-state index in [-0.39, 0.29) is 5.91 Å². The Kier molecular flexibility index (Phi) is 3.76. The average Bonchev–Trinajstić information content (AvgIpc) is 2.94. The van der Waals surface area contributed by atoms with Crippen LogP contribution in [-0.2, 0) is 18.3 Å². The lowest BCUT2D eigenvalue weighted by atomic mass is 10.2. The topological polar surface area (TPSA) is 51.0 Å². The molecular weight excluding hydrogens is 248 g/mol. The molecule has 0 aliphatic carbocycles. The first-order chi connectivity index (χ1) is 8.58. The molecule has 1 amide bonds. The number of carbonyl (C=O) groups is 1. The Balaban J connectivity index is 1.94. The summed E-state index contributed by atoms with van der Waals surface area (Å²) >= 11 is 1.49. The molecule has 0 aliphatic heterocycles. The summed E-state index contributed by atoms with van der Waals surface area (Å²) in [6.07, 6.45) is 4.70. The van der Waals surface area contributed by atoms with Crippen molar-refractivity contribution in [3.63, 3.8) is 0 Å². The molecule has 2 aromatic rings. The second-order valence-electron chi connectivity index (χ2n) is 4.22. The third-order valence-corrected chi connectivity index (χ3v) is 3.81. The highest BCUT2D eigenvalue weighted by Crippen LogP contribution is 2.19. The predicted octanol–water partition coefficient (Wildman–Crippen LogP) is 1.78. The Labute approximate surface area is 110 Å². The number of imidazole rings is 1. The lowest BCUT2D eigenvalue weighted by Crippen LogP contribution is -2.26. The van der Waals surface area contributed by atoms with Crippen LogP contribution in [0.4, 0.5) is 5.13 Å². The van der Waals surface area contributed by atoms with Gasteiger partial charge in [0.1, 0.15) is 0 Å². The molecule has 2 rings (SSSR count). The number of amides is 1. The quantitative estimate of drug-likeness (QED) is 0.846. The normalized spacial score (nSPS) is 10.6. The van der Waals surface area contributed by atoms with E-state index >= 15 is 0 Å². The monoisotopic (exact) mass is 264 g/mol. The second kappa shape index (κ2) is 5.30. The lowest BCUT2D eigenvalue weighted by Gasteiger charge is -2.13. The SMILES string of the molecule is Cc1csc(N(C)C(=O)CCc2cncn2C)n1. The smallest absolute Gasteiger partial charge is 0.228 e. The van der Waals surface area contributed by atoms with Crippen LogP contribution in [0.5, 0.6) is 0 Å². The zero-order chi connectivity index (χ0) is 13.1. The van der Waals surface area contributed by atoms with Crippen molar-refractivity contribution < 1.29 is 4.79 Å². The maximum atomic E-state index is 12.0. The summed E-state index contributed by atoms with van der Waals surface area (Å²) in [5.74, 6) is 0.0746. The third kappa shape index (κ3) is 2.76. The minimum Gasteiger partial charge on any atom is -0.338 e. The van der Waals surface area contributed by atoms with Crippen molar-refractivity contribution in [3.8, 4) is 0 Å². The van der Waals surface area contributed by atoms with Gasteiger partial charge in [0, 0.05) is 37.8 Å². The Morgan fingerprint density at radius 2 is 2.33 bits per heavy atom. The van der Waals surface area contributed by atoms with Gasteiger partial charge in [-0.2, -0.15) is 0 Å².